The third-order valence-electron chi connectivity index (χ3n) is 3.72. The van der Waals surface area contributed by atoms with Crippen molar-refractivity contribution in [2.45, 2.75) is 39.2 Å². The van der Waals surface area contributed by atoms with E-state index in [0.29, 0.717) is 18.3 Å². The summed E-state index contributed by atoms with van der Waals surface area (Å²) in [4.78, 5) is 14.4. The third-order valence-corrected chi connectivity index (χ3v) is 3.72. The summed E-state index contributed by atoms with van der Waals surface area (Å²) in [6, 6.07) is 4.07. The Labute approximate surface area is 114 Å². The number of hydrogen-bond acceptors (Lipinski definition) is 4. The molecule has 1 amide bonds. The number of rotatable bonds is 5. The first kappa shape index (κ1) is 13.9. The van der Waals surface area contributed by atoms with Gasteiger partial charge in [0.1, 0.15) is 0 Å². The zero-order chi connectivity index (χ0) is 13.7. The molecular weight excluding hydrogens is 240 g/mol. The van der Waals surface area contributed by atoms with Crippen molar-refractivity contribution in [3.63, 3.8) is 0 Å². The van der Waals surface area contributed by atoms with Crippen molar-refractivity contribution < 1.29 is 4.79 Å². The molecule has 0 spiro atoms. The molecule has 1 aliphatic rings. The molecule has 0 radical (unpaired) electrons. The van der Waals surface area contributed by atoms with Gasteiger partial charge in [0.05, 0.1) is 5.69 Å². The minimum Gasteiger partial charge on any atom is -0.349 e. The van der Waals surface area contributed by atoms with Gasteiger partial charge >= 0.3 is 0 Å². The first-order chi connectivity index (χ1) is 9.24. The van der Waals surface area contributed by atoms with Crippen molar-refractivity contribution in [2.24, 2.45) is 0 Å². The lowest BCUT2D eigenvalue weighted by molar-refractivity contribution is 0.0935. The van der Waals surface area contributed by atoms with E-state index in [-0.39, 0.29) is 5.91 Å². The molecule has 2 heterocycles. The quantitative estimate of drug-likeness (QED) is 0.867. The summed E-state index contributed by atoms with van der Waals surface area (Å²) in [7, 11) is 0. The van der Waals surface area contributed by atoms with Gasteiger partial charge in [-0.25, -0.2) is 0 Å². The molecule has 19 heavy (non-hydrogen) atoms. The lowest BCUT2D eigenvalue weighted by Crippen LogP contribution is -2.40. The maximum absolute atomic E-state index is 12.0. The first-order valence-electron chi connectivity index (χ1n) is 7.09. The van der Waals surface area contributed by atoms with E-state index in [9.17, 15) is 4.79 Å². The van der Waals surface area contributed by atoms with Crippen LogP contribution in [0.15, 0.2) is 12.1 Å². The van der Waals surface area contributed by atoms with Gasteiger partial charge in [0.2, 0.25) is 0 Å². The SMILES string of the molecule is CCc1ccc(C(=O)NCC2CCCN2CC)nn1. The standard InChI is InChI=1S/C14H22N4O/c1-3-11-7-8-13(17-16-11)14(19)15-10-12-6-5-9-18(12)4-2/h7-8,12H,3-6,9-10H2,1-2H3,(H,15,19). The molecule has 0 saturated carbocycles. The van der Waals surface area contributed by atoms with Crippen molar-refractivity contribution in [1.82, 2.24) is 20.4 Å². The van der Waals surface area contributed by atoms with Crippen LogP contribution in [0.25, 0.3) is 0 Å². The van der Waals surface area contributed by atoms with Crippen LogP contribution in [-0.2, 0) is 6.42 Å². The molecule has 0 aliphatic carbocycles. The Balaban J connectivity index is 1.86. The molecule has 0 aromatic carbocycles. The Morgan fingerprint density at radius 1 is 1.42 bits per heavy atom. The molecule has 1 aromatic rings. The molecule has 1 N–H and O–H groups in total. The highest BCUT2D eigenvalue weighted by molar-refractivity contribution is 5.92. The number of aryl methyl sites for hydroxylation is 1. The molecule has 1 saturated heterocycles. The summed E-state index contributed by atoms with van der Waals surface area (Å²) in [5.41, 5.74) is 1.31. The first-order valence-corrected chi connectivity index (χ1v) is 7.09. The fourth-order valence-corrected chi connectivity index (χ4v) is 2.51. The van der Waals surface area contributed by atoms with Gasteiger partial charge in [-0.1, -0.05) is 13.8 Å². The molecule has 5 nitrogen and oxygen atoms in total. The summed E-state index contributed by atoms with van der Waals surface area (Å²) in [6.45, 7) is 7.07. The van der Waals surface area contributed by atoms with Crippen LogP contribution in [0, 0.1) is 0 Å². The molecule has 1 aliphatic heterocycles. The van der Waals surface area contributed by atoms with Crippen molar-refractivity contribution in [3.8, 4) is 0 Å². The minimum absolute atomic E-state index is 0.127. The molecule has 1 atom stereocenters. The van der Waals surface area contributed by atoms with E-state index in [1.807, 2.05) is 13.0 Å². The van der Waals surface area contributed by atoms with Crippen LogP contribution in [-0.4, -0.2) is 46.7 Å². The summed E-state index contributed by atoms with van der Waals surface area (Å²) in [5.74, 6) is -0.127. The van der Waals surface area contributed by atoms with Crippen molar-refractivity contribution >= 4 is 5.91 Å². The zero-order valence-electron chi connectivity index (χ0n) is 11.7. The number of amides is 1. The second-order valence-corrected chi connectivity index (χ2v) is 4.90. The third kappa shape index (κ3) is 3.50. The van der Waals surface area contributed by atoms with Crippen LogP contribution in [0.1, 0.15) is 42.9 Å². The molecule has 5 heteroatoms. The number of carbonyl (C=O) groups is 1. The van der Waals surface area contributed by atoms with Crippen LogP contribution in [0.4, 0.5) is 0 Å². The summed E-state index contributed by atoms with van der Waals surface area (Å²) >= 11 is 0. The van der Waals surface area contributed by atoms with Crippen LogP contribution in [0.5, 0.6) is 0 Å². The van der Waals surface area contributed by atoms with E-state index in [0.717, 1.165) is 31.6 Å². The van der Waals surface area contributed by atoms with Crippen LogP contribution >= 0.6 is 0 Å². The van der Waals surface area contributed by atoms with E-state index >= 15 is 0 Å². The average molecular weight is 262 g/mol. The Hall–Kier alpha value is -1.49. The highest BCUT2D eigenvalue weighted by Crippen LogP contribution is 2.15. The van der Waals surface area contributed by atoms with Gasteiger partial charge in [0.15, 0.2) is 5.69 Å². The smallest absolute Gasteiger partial charge is 0.271 e. The molecule has 1 unspecified atom stereocenters. The number of carbonyl (C=O) groups excluding carboxylic acids is 1. The van der Waals surface area contributed by atoms with Crippen molar-refractivity contribution in [1.29, 1.82) is 0 Å². The second kappa shape index (κ2) is 6.61. The molecule has 0 bridgehead atoms. The van der Waals surface area contributed by atoms with Gasteiger partial charge in [-0.05, 0) is 44.5 Å². The predicted molar refractivity (Wildman–Crippen MR) is 74.0 cm³/mol. The molecule has 1 aromatic heterocycles. The largest absolute Gasteiger partial charge is 0.349 e. The maximum atomic E-state index is 12.0. The summed E-state index contributed by atoms with van der Waals surface area (Å²) in [6.07, 6.45) is 3.22. The van der Waals surface area contributed by atoms with E-state index in [1.54, 1.807) is 6.07 Å². The van der Waals surface area contributed by atoms with E-state index in [1.165, 1.54) is 6.42 Å². The molecular formula is C14H22N4O. The minimum atomic E-state index is -0.127. The summed E-state index contributed by atoms with van der Waals surface area (Å²) in [5, 5.41) is 10.9. The van der Waals surface area contributed by atoms with E-state index in [4.69, 9.17) is 0 Å². The van der Waals surface area contributed by atoms with E-state index < -0.39 is 0 Å². The van der Waals surface area contributed by atoms with Gasteiger partial charge in [0, 0.05) is 12.6 Å². The van der Waals surface area contributed by atoms with Gasteiger partial charge in [-0.15, -0.1) is 5.10 Å². The van der Waals surface area contributed by atoms with Crippen LogP contribution in [0.2, 0.25) is 0 Å². The number of hydrogen-bond donors (Lipinski definition) is 1. The topological polar surface area (TPSA) is 58.1 Å². The number of nitrogens with zero attached hydrogens (tertiary/aromatic N) is 3. The Bertz CT molecular complexity index is 418. The molecule has 2 rings (SSSR count). The monoisotopic (exact) mass is 262 g/mol. The average Bonchev–Trinajstić information content (AvgIpc) is 2.92. The number of nitrogens with one attached hydrogen (secondary N) is 1. The normalized spacial score (nSPS) is 19.6. The molecule has 104 valence electrons. The fraction of sp³-hybridized carbons (Fsp3) is 0.643. The van der Waals surface area contributed by atoms with Crippen molar-refractivity contribution in [3.05, 3.63) is 23.5 Å². The van der Waals surface area contributed by atoms with Gasteiger partial charge in [0.25, 0.3) is 5.91 Å². The zero-order valence-corrected chi connectivity index (χ0v) is 11.7. The predicted octanol–water partition coefficient (Wildman–Crippen LogP) is 1.25. The highest BCUT2D eigenvalue weighted by atomic mass is 16.1. The lowest BCUT2D eigenvalue weighted by Gasteiger charge is -2.22. The molecule has 1 fully saturated rings. The fourth-order valence-electron chi connectivity index (χ4n) is 2.51. The van der Waals surface area contributed by atoms with Gasteiger partial charge < -0.3 is 5.32 Å². The van der Waals surface area contributed by atoms with Crippen LogP contribution < -0.4 is 5.32 Å². The maximum Gasteiger partial charge on any atom is 0.271 e. The van der Waals surface area contributed by atoms with E-state index in [2.05, 4.69) is 27.3 Å². The Morgan fingerprint density at radius 3 is 2.89 bits per heavy atom. The summed E-state index contributed by atoms with van der Waals surface area (Å²) < 4.78 is 0. The van der Waals surface area contributed by atoms with Gasteiger partial charge in [-0.2, -0.15) is 5.10 Å². The number of likely N-dealkylation sites (tertiary alicyclic amines) is 1. The number of likely N-dealkylation sites (N-methyl/N-ethyl adjacent to an activating group) is 1. The number of aromatic nitrogens is 2. The Morgan fingerprint density at radius 2 is 2.26 bits per heavy atom. The second-order valence-electron chi connectivity index (χ2n) is 4.90. The van der Waals surface area contributed by atoms with Crippen molar-refractivity contribution in [2.75, 3.05) is 19.6 Å². The Kier molecular flexibility index (Phi) is 4.85. The van der Waals surface area contributed by atoms with Crippen LogP contribution in [0.3, 0.4) is 0 Å². The highest BCUT2D eigenvalue weighted by Gasteiger charge is 2.23. The lowest BCUT2D eigenvalue weighted by atomic mass is 10.2. The van der Waals surface area contributed by atoms with Gasteiger partial charge in [-0.3, -0.25) is 9.69 Å².